The number of aromatic nitrogens is 1. The van der Waals surface area contributed by atoms with Gasteiger partial charge in [0.15, 0.2) is 0 Å². The van der Waals surface area contributed by atoms with Crippen molar-refractivity contribution < 1.29 is 9.85 Å². The lowest BCUT2D eigenvalue weighted by Crippen LogP contribution is -1.98. The van der Waals surface area contributed by atoms with E-state index in [-0.39, 0.29) is 10.6 Å². The lowest BCUT2D eigenvalue weighted by atomic mass is 10.1. The van der Waals surface area contributed by atoms with E-state index in [1.807, 2.05) is 0 Å². The molecule has 0 spiro atoms. The van der Waals surface area contributed by atoms with Gasteiger partial charge in [-0.3, -0.25) is 20.2 Å². The molecule has 1 aromatic heterocycles. The Hall–Kier alpha value is -2.41. The fourth-order valence-electron chi connectivity index (χ4n) is 1.64. The molecule has 1 heterocycles. The molecule has 0 aliphatic heterocycles. The van der Waals surface area contributed by atoms with E-state index >= 15 is 0 Å². The van der Waals surface area contributed by atoms with Gasteiger partial charge in [-0.1, -0.05) is 17.7 Å². The minimum atomic E-state index is -0.789. The van der Waals surface area contributed by atoms with Gasteiger partial charge in [-0.15, -0.1) is 0 Å². The van der Waals surface area contributed by atoms with Crippen LogP contribution in [0.5, 0.6) is 0 Å². The fourth-order valence-corrected chi connectivity index (χ4v) is 1.86. The fraction of sp³-hybridized carbons (Fsp3) is 0. The summed E-state index contributed by atoms with van der Waals surface area (Å²) < 4.78 is 0. The molecule has 2 aromatic rings. The van der Waals surface area contributed by atoms with Gasteiger partial charge in [0.25, 0.3) is 0 Å². The molecular weight excluding hydrogens is 262 g/mol. The van der Waals surface area contributed by atoms with Crippen LogP contribution in [0, 0.1) is 20.2 Å². The first-order valence-electron chi connectivity index (χ1n) is 4.77. The Balaban J connectivity index is 2.76. The monoisotopic (exact) mass is 267 g/mol. The molecule has 2 rings (SSSR count). The molecule has 0 aliphatic carbocycles. The molecule has 0 fully saturated rings. The van der Waals surface area contributed by atoms with Gasteiger partial charge >= 0.3 is 11.4 Å². The highest BCUT2D eigenvalue weighted by molar-refractivity contribution is 6.33. The summed E-state index contributed by atoms with van der Waals surface area (Å²) in [4.78, 5) is 22.9. The van der Waals surface area contributed by atoms with E-state index in [4.69, 9.17) is 11.6 Å². The summed E-state index contributed by atoms with van der Waals surface area (Å²) in [7, 11) is 0. The molecule has 0 amide bonds. The lowest BCUT2D eigenvalue weighted by Gasteiger charge is -2.01. The minimum absolute atomic E-state index is 0.112. The van der Waals surface area contributed by atoms with E-state index in [9.17, 15) is 20.2 Å². The molecule has 0 aliphatic rings. The maximum absolute atomic E-state index is 11.0. The molecule has 0 bridgehead atoms. The van der Waals surface area contributed by atoms with Crippen molar-refractivity contribution in [3.8, 4) is 11.1 Å². The SMILES string of the molecule is O=[N+]([O-])c1cccc(-c2c[nH]cc2Cl)c1[N+](=O)[O-]. The molecule has 0 saturated heterocycles. The van der Waals surface area contributed by atoms with Gasteiger partial charge in [0, 0.05) is 24.0 Å². The average molecular weight is 268 g/mol. The number of nitro groups is 2. The molecule has 7 nitrogen and oxygen atoms in total. The second kappa shape index (κ2) is 4.46. The number of para-hydroxylation sites is 1. The zero-order valence-corrected chi connectivity index (χ0v) is 9.55. The average Bonchev–Trinajstić information content (AvgIpc) is 2.74. The van der Waals surface area contributed by atoms with Gasteiger partial charge < -0.3 is 4.98 Å². The number of nitrogens with zero attached hydrogens (tertiary/aromatic N) is 2. The number of nitro benzene ring substituents is 2. The van der Waals surface area contributed by atoms with E-state index in [1.54, 1.807) is 0 Å². The molecule has 0 atom stereocenters. The van der Waals surface area contributed by atoms with Crippen molar-refractivity contribution in [3.63, 3.8) is 0 Å². The van der Waals surface area contributed by atoms with Gasteiger partial charge in [0.05, 0.1) is 20.4 Å². The van der Waals surface area contributed by atoms with Crippen molar-refractivity contribution >= 4 is 23.0 Å². The number of halogens is 1. The summed E-state index contributed by atoms with van der Waals surface area (Å²) in [6.07, 6.45) is 2.90. The summed E-state index contributed by atoms with van der Waals surface area (Å²) in [5.41, 5.74) is -0.661. The van der Waals surface area contributed by atoms with Crippen molar-refractivity contribution in [1.29, 1.82) is 0 Å². The Bertz CT molecular complexity index is 638. The van der Waals surface area contributed by atoms with Crippen LogP contribution in [0.4, 0.5) is 11.4 Å². The molecule has 1 aromatic carbocycles. The number of hydrogen-bond acceptors (Lipinski definition) is 4. The van der Waals surface area contributed by atoms with Crippen molar-refractivity contribution in [2.24, 2.45) is 0 Å². The quantitative estimate of drug-likeness (QED) is 0.681. The summed E-state index contributed by atoms with van der Waals surface area (Å²) >= 11 is 5.86. The van der Waals surface area contributed by atoms with Crippen LogP contribution in [0.2, 0.25) is 5.02 Å². The molecular formula is C10H6ClN3O4. The smallest absolute Gasteiger partial charge is 0.353 e. The first-order chi connectivity index (χ1) is 8.52. The van der Waals surface area contributed by atoms with Gasteiger partial charge in [0.1, 0.15) is 0 Å². The first kappa shape index (κ1) is 12.1. The standard InChI is InChI=1S/C10H6ClN3O4/c11-8-5-12-4-7(8)6-2-1-3-9(13(15)16)10(6)14(17)18/h1-5,12H. The van der Waals surface area contributed by atoms with E-state index < -0.39 is 21.2 Å². The number of benzene rings is 1. The Labute approximate surface area is 105 Å². The Morgan fingerprint density at radius 2 is 1.78 bits per heavy atom. The topological polar surface area (TPSA) is 102 Å². The highest BCUT2D eigenvalue weighted by Gasteiger charge is 2.29. The Morgan fingerprint density at radius 3 is 2.28 bits per heavy atom. The third-order valence-corrected chi connectivity index (χ3v) is 2.69. The first-order valence-corrected chi connectivity index (χ1v) is 5.14. The van der Waals surface area contributed by atoms with E-state index in [2.05, 4.69) is 4.98 Å². The predicted octanol–water partition coefficient (Wildman–Crippen LogP) is 3.15. The summed E-state index contributed by atoms with van der Waals surface area (Å²) in [5.74, 6) is 0. The van der Waals surface area contributed by atoms with Crippen LogP contribution >= 0.6 is 11.6 Å². The molecule has 92 valence electrons. The van der Waals surface area contributed by atoms with Crippen molar-refractivity contribution in [3.05, 3.63) is 55.8 Å². The van der Waals surface area contributed by atoms with Crippen molar-refractivity contribution in [2.75, 3.05) is 0 Å². The number of aromatic amines is 1. The number of nitrogens with one attached hydrogen (secondary N) is 1. The zero-order chi connectivity index (χ0) is 13.3. The summed E-state index contributed by atoms with van der Waals surface area (Å²) in [6.45, 7) is 0. The van der Waals surface area contributed by atoms with Gasteiger partial charge in [-0.2, -0.15) is 0 Å². The van der Waals surface area contributed by atoms with Crippen molar-refractivity contribution in [2.45, 2.75) is 0 Å². The summed E-state index contributed by atoms with van der Waals surface area (Å²) in [5, 5.41) is 22.1. The third-order valence-electron chi connectivity index (χ3n) is 2.38. The number of hydrogen-bond donors (Lipinski definition) is 1. The third kappa shape index (κ3) is 1.91. The van der Waals surface area contributed by atoms with Crippen LogP contribution in [-0.4, -0.2) is 14.8 Å². The Kier molecular flexibility index (Phi) is 2.99. The number of H-pyrrole nitrogens is 1. The van der Waals surface area contributed by atoms with Crippen LogP contribution < -0.4 is 0 Å². The predicted molar refractivity (Wildman–Crippen MR) is 64.5 cm³/mol. The maximum atomic E-state index is 11.0. The van der Waals surface area contributed by atoms with Gasteiger partial charge in [0.2, 0.25) is 0 Å². The molecule has 0 radical (unpaired) electrons. The van der Waals surface area contributed by atoms with Crippen LogP contribution in [0.15, 0.2) is 30.6 Å². The van der Waals surface area contributed by atoms with Crippen LogP contribution in [0.1, 0.15) is 0 Å². The summed E-state index contributed by atoms with van der Waals surface area (Å²) in [6, 6.07) is 3.88. The molecule has 0 saturated carbocycles. The van der Waals surface area contributed by atoms with Crippen LogP contribution in [-0.2, 0) is 0 Å². The van der Waals surface area contributed by atoms with Gasteiger partial charge in [-0.25, -0.2) is 0 Å². The van der Waals surface area contributed by atoms with E-state index in [0.717, 1.165) is 6.07 Å². The molecule has 8 heteroatoms. The van der Waals surface area contributed by atoms with Gasteiger partial charge in [-0.05, 0) is 6.07 Å². The highest BCUT2D eigenvalue weighted by Crippen LogP contribution is 2.39. The van der Waals surface area contributed by atoms with E-state index in [0.29, 0.717) is 5.56 Å². The van der Waals surface area contributed by atoms with Crippen molar-refractivity contribution in [1.82, 2.24) is 4.98 Å². The normalized spacial score (nSPS) is 10.3. The highest BCUT2D eigenvalue weighted by atomic mass is 35.5. The van der Waals surface area contributed by atoms with Crippen LogP contribution in [0.3, 0.4) is 0 Å². The largest absolute Gasteiger partial charge is 0.366 e. The molecule has 1 N–H and O–H groups in total. The molecule has 18 heavy (non-hydrogen) atoms. The second-order valence-electron chi connectivity index (χ2n) is 3.40. The lowest BCUT2D eigenvalue weighted by molar-refractivity contribution is -0.422. The minimum Gasteiger partial charge on any atom is -0.366 e. The Morgan fingerprint density at radius 1 is 1.06 bits per heavy atom. The maximum Gasteiger partial charge on any atom is 0.353 e. The van der Waals surface area contributed by atoms with Crippen LogP contribution in [0.25, 0.3) is 11.1 Å². The number of rotatable bonds is 3. The molecule has 0 unspecified atom stereocenters. The van der Waals surface area contributed by atoms with E-state index in [1.165, 1.54) is 24.5 Å². The zero-order valence-electron chi connectivity index (χ0n) is 8.79. The second-order valence-corrected chi connectivity index (χ2v) is 3.81.